The summed E-state index contributed by atoms with van der Waals surface area (Å²) in [5.41, 5.74) is 2.16. The van der Waals surface area contributed by atoms with Crippen molar-refractivity contribution in [1.82, 2.24) is 19.5 Å². The quantitative estimate of drug-likeness (QED) is 0.505. The van der Waals surface area contributed by atoms with Gasteiger partial charge in [-0.05, 0) is 36.1 Å². The summed E-state index contributed by atoms with van der Waals surface area (Å²) in [6.45, 7) is 2.57. The number of carbonyl (C=O) groups excluding carboxylic acids is 1. The van der Waals surface area contributed by atoms with Gasteiger partial charge in [-0.2, -0.15) is 4.99 Å². The Morgan fingerprint density at radius 2 is 2.04 bits per heavy atom. The zero-order valence-corrected chi connectivity index (χ0v) is 16.1. The van der Waals surface area contributed by atoms with Crippen LogP contribution in [0.25, 0.3) is 0 Å². The third-order valence-electron chi connectivity index (χ3n) is 3.74. The minimum atomic E-state index is -0.463. The van der Waals surface area contributed by atoms with E-state index in [1.54, 1.807) is 18.3 Å². The summed E-state index contributed by atoms with van der Waals surface area (Å²) in [6.07, 6.45) is 8.21. The molecule has 0 bridgehead atoms. The van der Waals surface area contributed by atoms with Crippen molar-refractivity contribution in [2.24, 2.45) is 4.99 Å². The van der Waals surface area contributed by atoms with E-state index in [-0.39, 0.29) is 5.69 Å². The maximum Gasteiger partial charge on any atom is 0.299 e. The summed E-state index contributed by atoms with van der Waals surface area (Å²) < 4.78 is 1.85. The Kier molecular flexibility index (Phi) is 6.66. The largest absolute Gasteiger partial charge is 0.328 e. The Labute approximate surface area is 168 Å². The molecule has 6 nitrogen and oxygen atoms in total. The number of amides is 1. The van der Waals surface area contributed by atoms with Gasteiger partial charge in [-0.15, -0.1) is 0 Å². The van der Waals surface area contributed by atoms with E-state index >= 15 is 0 Å². The van der Waals surface area contributed by atoms with Crippen molar-refractivity contribution in [1.29, 1.82) is 0 Å². The summed E-state index contributed by atoms with van der Waals surface area (Å²) in [5, 5.41) is 0.434. The number of carbonyl (C=O) groups is 1. The van der Waals surface area contributed by atoms with Crippen LogP contribution in [0.15, 0.2) is 60.1 Å². The first-order valence-electron chi connectivity index (χ1n) is 8.81. The van der Waals surface area contributed by atoms with Crippen LogP contribution in [-0.4, -0.2) is 25.4 Å². The predicted octanol–water partition coefficient (Wildman–Crippen LogP) is 3.27. The standard InChI is InChI=1S/C21H18ClN5O/c1-2-3-4-7-17-13-24-18(14-23-17)21(28)26-20-8-5-6-11-27(20)15-16-9-10-19(22)25-12-16/h5-6,8-14H,2-3,15H2,1H3. The highest BCUT2D eigenvalue weighted by Gasteiger charge is 2.07. The molecule has 3 rings (SSSR count). The van der Waals surface area contributed by atoms with Crippen molar-refractivity contribution in [2.45, 2.75) is 26.3 Å². The molecule has 0 aliphatic rings. The van der Waals surface area contributed by atoms with Gasteiger partial charge in [-0.3, -0.25) is 4.79 Å². The summed E-state index contributed by atoms with van der Waals surface area (Å²) in [5.74, 6) is 5.45. The molecule has 0 atom stereocenters. The average Bonchev–Trinajstić information content (AvgIpc) is 2.72. The molecule has 0 spiro atoms. The Bertz CT molecular complexity index is 1080. The van der Waals surface area contributed by atoms with Crippen LogP contribution in [0.4, 0.5) is 0 Å². The highest BCUT2D eigenvalue weighted by molar-refractivity contribution is 6.29. The number of pyridine rings is 2. The van der Waals surface area contributed by atoms with E-state index in [1.165, 1.54) is 12.4 Å². The van der Waals surface area contributed by atoms with E-state index in [0.29, 0.717) is 22.9 Å². The number of aromatic nitrogens is 4. The van der Waals surface area contributed by atoms with Crippen LogP contribution in [0.2, 0.25) is 5.15 Å². The average molecular weight is 392 g/mol. The molecule has 3 aromatic rings. The molecule has 3 aromatic heterocycles. The molecular weight excluding hydrogens is 374 g/mol. The molecule has 0 fully saturated rings. The van der Waals surface area contributed by atoms with Crippen molar-refractivity contribution in [3.63, 3.8) is 0 Å². The summed E-state index contributed by atoms with van der Waals surface area (Å²) in [6, 6.07) is 9.06. The van der Waals surface area contributed by atoms with E-state index in [1.807, 2.05) is 29.0 Å². The van der Waals surface area contributed by atoms with Gasteiger partial charge in [0.1, 0.15) is 22.0 Å². The lowest BCUT2D eigenvalue weighted by Crippen LogP contribution is -2.22. The Morgan fingerprint density at radius 1 is 1.14 bits per heavy atom. The molecule has 7 heteroatoms. The third-order valence-corrected chi connectivity index (χ3v) is 3.96. The normalized spacial score (nSPS) is 11.0. The first kappa shape index (κ1) is 19.5. The maximum absolute atomic E-state index is 12.5. The van der Waals surface area contributed by atoms with Crippen LogP contribution in [0, 0.1) is 11.8 Å². The van der Waals surface area contributed by atoms with E-state index in [4.69, 9.17) is 11.6 Å². The molecule has 0 aliphatic carbocycles. The van der Waals surface area contributed by atoms with E-state index in [2.05, 4.69) is 38.7 Å². The summed E-state index contributed by atoms with van der Waals surface area (Å²) in [4.78, 5) is 29.0. The van der Waals surface area contributed by atoms with Gasteiger partial charge in [0.15, 0.2) is 0 Å². The van der Waals surface area contributed by atoms with Crippen molar-refractivity contribution < 1.29 is 4.79 Å². The molecule has 0 saturated carbocycles. The van der Waals surface area contributed by atoms with Gasteiger partial charge < -0.3 is 4.57 Å². The zero-order chi connectivity index (χ0) is 19.8. The molecule has 0 unspecified atom stereocenters. The van der Waals surface area contributed by atoms with Crippen LogP contribution < -0.4 is 5.49 Å². The van der Waals surface area contributed by atoms with Gasteiger partial charge in [-0.25, -0.2) is 15.0 Å². The Hall–Kier alpha value is -3.30. The fraction of sp³-hybridized carbons (Fsp3) is 0.190. The third kappa shape index (κ3) is 5.35. The van der Waals surface area contributed by atoms with E-state index < -0.39 is 5.91 Å². The molecular formula is C21H18ClN5O. The summed E-state index contributed by atoms with van der Waals surface area (Å²) >= 11 is 5.83. The van der Waals surface area contributed by atoms with Crippen molar-refractivity contribution in [3.05, 3.63) is 82.7 Å². The second kappa shape index (κ2) is 9.58. The minimum absolute atomic E-state index is 0.171. The molecule has 0 saturated heterocycles. The molecule has 1 amide bonds. The molecule has 0 radical (unpaired) electrons. The molecule has 0 aromatic carbocycles. The molecule has 0 aliphatic heterocycles. The highest BCUT2D eigenvalue weighted by atomic mass is 35.5. The second-order valence-electron chi connectivity index (χ2n) is 5.93. The fourth-order valence-electron chi connectivity index (χ4n) is 2.34. The first-order valence-corrected chi connectivity index (χ1v) is 9.19. The van der Waals surface area contributed by atoms with Crippen LogP contribution in [0.1, 0.15) is 41.5 Å². The number of rotatable bonds is 4. The van der Waals surface area contributed by atoms with Crippen LogP contribution in [-0.2, 0) is 6.54 Å². The number of hydrogen-bond acceptors (Lipinski definition) is 4. The number of nitrogens with zero attached hydrogens (tertiary/aromatic N) is 5. The lowest BCUT2D eigenvalue weighted by atomic mass is 10.3. The van der Waals surface area contributed by atoms with Gasteiger partial charge in [0.2, 0.25) is 0 Å². The summed E-state index contributed by atoms with van der Waals surface area (Å²) in [7, 11) is 0. The highest BCUT2D eigenvalue weighted by Crippen LogP contribution is 2.06. The topological polar surface area (TPSA) is 73.0 Å². The van der Waals surface area contributed by atoms with Gasteiger partial charge in [0, 0.05) is 18.8 Å². The first-order chi connectivity index (χ1) is 13.7. The molecule has 0 N–H and O–H groups in total. The predicted molar refractivity (Wildman–Crippen MR) is 106 cm³/mol. The van der Waals surface area contributed by atoms with Gasteiger partial charge >= 0.3 is 0 Å². The van der Waals surface area contributed by atoms with Crippen LogP contribution >= 0.6 is 11.6 Å². The number of halogens is 1. The lowest BCUT2D eigenvalue weighted by Gasteiger charge is -2.07. The van der Waals surface area contributed by atoms with E-state index in [9.17, 15) is 4.79 Å². The van der Waals surface area contributed by atoms with Crippen molar-refractivity contribution in [3.8, 4) is 11.8 Å². The molecule has 140 valence electrons. The van der Waals surface area contributed by atoms with Gasteiger partial charge in [-0.1, -0.05) is 36.6 Å². The SMILES string of the molecule is CCCC#Cc1cnc(C(=O)N=c2ccccn2Cc2ccc(Cl)nc2)cn1. The van der Waals surface area contributed by atoms with Crippen molar-refractivity contribution in [2.75, 3.05) is 0 Å². The lowest BCUT2D eigenvalue weighted by molar-refractivity contribution is 0.0992. The molecule has 28 heavy (non-hydrogen) atoms. The zero-order valence-electron chi connectivity index (χ0n) is 15.3. The van der Waals surface area contributed by atoms with Gasteiger partial charge in [0.25, 0.3) is 5.91 Å². The van der Waals surface area contributed by atoms with E-state index in [0.717, 1.165) is 18.4 Å². The van der Waals surface area contributed by atoms with Crippen LogP contribution in [0.3, 0.4) is 0 Å². The number of unbranched alkanes of at least 4 members (excludes halogenated alkanes) is 1. The Morgan fingerprint density at radius 3 is 2.75 bits per heavy atom. The molecule has 3 heterocycles. The number of hydrogen-bond donors (Lipinski definition) is 0. The van der Waals surface area contributed by atoms with Gasteiger partial charge in [0.05, 0.1) is 18.9 Å². The smallest absolute Gasteiger partial charge is 0.299 e. The van der Waals surface area contributed by atoms with Crippen LogP contribution in [0.5, 0.6) is 0 Å². The van der Waals surface area contributed by atoms with Crippen molar-refractivity contribution >= 4 is 17.5 Å². The fourth-order valence-corrected chi connectivity index (χ4v) is 2.45. The minimum Gasteiger partial charge on any atom is -0.328 e. The monoisotopic (exact) mass is 391 g/mol. The second-order valence-corrected chi connectivity index (χ2v) is 6.32. The Balaban J connectivity index is 1.82. The maximum atomic E-state index is 12.5.